The second-order valence-electron chi connectivity index (χ2n) is 6.31. The normalized spacial score (nSPS) is 11.2. The summed E-state index contributed by atoms with van der Waals surface area (Å²) in [5.41, 5.74) is 0.565. The van der Waals surface area contributed by atoms with Gasteiger partial charge in [-0.2, -0.15) is 0 Å². The van der Waals surface area contributed by atoms with Gasteiger partial charge in [-0.15, -0.1) is 0 Å². The number of carbonyl (C=O) groups is 2. The van der Waals surface area contributed by atoms with Crippen molar-refractivity contribution in [3.05, 3.63) is 77.6 Å². The van der Waals surface area contributed by atoms with Crippen LogP contribution >= 0.6 is 0 Å². The minimum Gasteiger partial charge on any atom is -0.468 e. The number of furan rings is 2. The lowest BCUT2D eigenvalue weighted by molar-refractivity contribution is -0.124. The number of sulfonamides is 1. The molecule has 2 heterocycles. The van der Waals surface area contributed by atoms with E-state index < -0.39 is 28.5 Å². The number of amides is 1. The highest BCUT2D eigenvalue weighted by atomic mass is 32.2. The lowest BCUT2D eigenvalue weighted by atomic mass is 10.1. The van der Waals surface area contributed by atoms with Gasteiger partial charge in [-0.3, -0.25) is 4.79 Å². The quantitative estimate of drug-likeness (QED) is 0.496. The van der Waals surface area contributed by atoms with E-state index >= 15 is 0 Å². The highest BCUT2D eigenvalue weighted by Crippen LogP contribution is 2.17. The van der Waals surface area contributed by atoms with Crippen molar-refractivity contribution in [1.82, 2.24) is 10.0 Å². The molecule has 0 atom stereocenters. The second-order valence-corrected chi connectivity index (χ2v) is 8.08. The number of rotatable bonds is 9. The third-order valence-electron chi connectivity index (χ3n) is 4.13. The zero-order valence-electron chi connectivity index (χ0n) is 16.1. The van der Waals surface area contributed by atoms with Gasteiger partial charge in [0.15, 0.2) is 6.61 Å². The fourth-order valence-corrected chi connectivity index (χ4v) is 3.53. The number of carbonyl (C=O) groups excluding carboxylic acids is 2. The fourth-order valence-electron chi connectivity index (χ4n) is 2.51. The topological polar surface area (TPSA) is 128 Å². The number of aryl methyl sites for hydroxylation is 1. The van der Waals surface area contributed by atoms with Crippen LogP contribution < -0.4 is 10.0 Å². The third-order valence-corrected chi connectivity index (χ3v) is 5.53. The molecule has 3 aromatic rings. The first-order chi connectivity index (χ1) is 14.3. The van der Waals surface area contributed by atoms with Gasteiger partial charge in [0.05, 0.1) is 36.1 Å². The Morgan fingerprint density at radius 2 is 1.67 bits per heavy atom. The molecule has 1 amide bonds. The third kappa shape index (κ3) is 5.58. The maximum Gasteiger partial charge on any atom is 0.338 e. The molecule has 2 N–H and O–H groups in total. The van der Waals surface area contributed by atoms with Crippen molar-refractivity contribution >= 4 is 21.9 Å². The first kappa shape index (κ1) is 21.3. The largest absolute Gasteiger partial charge is 0.468 e. The van der Waals surface area contributed by atoms with Gasteiger partial charge in [-0.25, -0.2) is 17.9 Å². The molecule has 0 saturated carbocycles. The molecule has 10 heteroatoms. The summed E-state index contributed by atoms with van der Waals surface area (Å²) in [4.78, 5) is 24.1. The predicted molar refractivity (Wildman–Crippen MR) is 105 cm³/mol. The van der Waals surface area contributed by atoms with Crippen LogP contribution in [-0.4, -0.2) is 26.9 Å². The molecule has 9 nitrogen and oxygen atoms in total. The van der Waals surface area contributed by atoms with Crippen LogP contribution in [0, 0.1) is 6.92 Å². The maximum atomic E-state index is 12.5. The van der Waals surface area contributed by atoms with Crippen molar-refractivity contribution in [1.29, 1.82) is 0 Å². The SMILES string of the molecule is Cc1ccc(S(=O)(=O)NCc2ccco2)cc1C(=O)OCC(=O)NCc1ccco1. The molecule has 0 saturated heterocycles. The smallest absolute Gasteiger partial charge is 0.338 e. The van der Waals surface area contributed by atoms with Crippen molar-refractivity contribution < 1.29 is 31.6 Å². The Morgan fingerprint density at radius 3 is 2.30 bits per heavy atom. The molecule has 0 aliphatic rings. The molecule has 1 aromatic carbocycles. The molecular formula is C20H20N2O7S. The van der Waals surface area contributed by atoms with Gasteiger partial charge < -0.3 is 18.9 Å². The molecule has 0 unspecified atom stereocenters. The molecule has 30 heavy (non-hydrogen) atoms. The summed E-state index contributed by atoms with van der Waals surface area (Å²) in [7, 11) is -3.88. The maximum absolute atomic E-state index is 12.5. The second kappa shape index (κ2) is 9.42. The van der Waals surface area contributed by atoms with Crippen LogP contribution in [0.1, 0.15) is 27.4 Å². The molecule has 0 aliphatic heterocycles. The Morgan fingerprint density at radius 1 is 1.00 bits per heavy atom. The average molecular weight is 432 g/mol. The summed E-state index contributed by atoms with van der Waals surface area (Å²) < 4.78 is 42.6. The van der Waals surface area contributed by atoms with Crippen LogP contribution in [0.3, 0.4) is 0 Å². The standard InChI is InChI=1S/C20H20N2O7S/c1-14-6-7-17(30(25,26)22-12-16-5-3-9-28-16)10-18(14)20(24)29-13-19(23)21-11-15-4-2-8-27-15/h2-10,22H,11-13H2,1H3,(H,21,23). The lowest BCUT2D eigenvalue weighted by Crippen LogP contribution is -2.28. The van der Waals surface area contributed by atoms with Crippen LogP contribution in [0.2, 0.25) is 0 Å². The van der Waals surface area contributed by atoms with Gasteiger partial charge in [0.25, 0.3) is 5.91 Å². The Kier molecular flexibility index (Phi) is 6.70. The van der Waals surface area contributed by atoms with Crippen molar-refractivity contribution in [2.75, 3.05) is 6.61 Å². The Hall–Kier alpha value is -3.37. The Bertz CT molecular complexity index is 1100. The average Bonchev–Trinajstić information content (AvgIpc) is 3.43. The van der Waals surface area contributed by atoms with E-state index in [2.05, 4.69) is 10.0 Å². The monoisotopic (exact) mass is 432 g/mol. The molecule has 0 radical (unpaired) electrons. The van der Waals surface area contributed by atoms with Gasteiger partial charge in [-0.05, 0) is 48.9 Å². The van der Waals surface area contributed by atoms with Crippen LogP contribution in [0.25, 0.3) is 0 Å². The summed E-state index contributed by atoms with van der Waals surface area (Å²) in [6.07, 6.45) is 2.92. The van der Waals surface area contributed by atoms with Gasteiger partial charge in [0.2, 0.25) is 10.0 Å². The fraction of sp³-hybridized carbons (Fsp3) is 0.200. The van der Waals surface area contributed by atoms with Gasteiger partial charge in [-0.1, -0.05) is 6.07 Å². The Labute approximate surface area is 173 Å². The minimum atomic E-state index is -3.88. The number of benzene rings is 1. The number of hydrogen-bond donors (Lipinski definition) is 2. The van der Waals surface area contributed by atoms with Crippen molar-refractivity contribution in [2.45, 2.75) is 24.9 Å². The molecule has 0 bridgehead atoms. The molecule has 0 fully saturated rings. The summed E-state index contributed by atoms with van der Waals surface area (Å²) in [5.74, 6) is -0.304. The van der Waals surface area contributed by atoms with Gasteiger partial charge in [0, 0.05) is 0 Å². The van der Waals surface area contributed by atoms with Gasteiger partial charge >= 0.3 is 5.97 Å². The highest BCUT2D eigenvalue weighted by molar-refractivity contribution is 7.89. The Balaban J connectivity index is 1.60. The van der Waals surface area contributed by atoms with E-state index in [1.165, 1.54) is 30.7 Å². The van der Waals surface area contributed by atoms with Crippen molar-refractivity contribution in [2.24, 2.45) is 0 Å². The molecule has 0 aliphatic carbocycles. The van der Waals surface area contributed by atoms with Crippen LogP contribution in [0.5, 0.6) is 0 Å². The highest BCUT2D eigenvalue weighted by Gasteiger charge is 2.20. The van der Waals surface area contributed by atoms with E-state index in [0.29, 0.717) is 17.1 Å². The summed E-state index contributed by atoms with van der Waals surface area (Å²) >= 11 is 0. The van der Waals surface area contributed by atoms with Crippen molar-refractivity contribution in [3.63, 3.8) is 0 Å². The van der Waals surface area contributed by atoms with Crippen LogP contribution in [0.4, 0.5) is 0 Å². The minimum absolute atomic E-state index is 0.0289. The number of esters is 1. The molecule has 3 rings (SSSR count). The van der Waals surface area contributed by atoms with E-state index in [1.807, 2.05) is 0 Å². The first-order valence-corrected chi connectivity index (χ1v) is 10.4. The van der Waals surface area contributed by atoms with Gasteiger partial charge in [0.1, 0.15) is 11.5 Å². The van der Waals surface area contributed by atoms with E-state index in [4.69, 9.17) is 13.6 Å². The zero-order chi connectivity index (χ0) is 21.6. The van der Waals surface area contributed by atoms with Crippen molar-refractivity contribution in [3.8, 4) is 0 Å². The number of nitrogens with one attached hydrogen (secondary N) is 2. The molecular weight excluding hydrogens is 412 g/mol. The summed E-state index contributed by atoms with van der Waals surface area (Å²) in [6, 6.07) is 10.8. The predicted octanol–water partition coefficient (Wildman–Crippen LogP) is 2.13. The zero-order valence-corrected chi connectivity index (χ0v) is 16.9. The molecule has 0 spiro atoms. The van der Waals surface area contributed by atoms with E-state index in [9.17, 15) is 18.0 Å². The summed E-state index contributed by atoms with van der Waals surface area (Å²) in [5, 5.41) is 2.55. The number of ether oxygens (including phenoxy) is 1. The lowest BCUT2D eigenvalue weighted by Gasteiger charge is -2.10. The van der Waals surface area contributed by atoms with Crippen LogP contribution in [0.15, 0.2) is 68.7 Å². The molecule has 2 aromatic heterocycles. The van der Waals surface area contributed by atoms with E-state index in [0.717, 1.165) is 0 Å². The molecule has 158 valence electrons. The number of hydrogen-bond acceptors (Lipinski definition) is 7. The first-order valence-electron chi connectivity index (χ1n) is 8.94. The van der Waals surface area contributed by atoms with E-state index in [1.54, 1.807) is 31.2 Å². The van der Waals surface area contributed by atoms with E-state index in [-0.39, 0.29) is 23.5 Å². The van der Waals surface area contributed by atoms with Crippen LogP contribution in [-0.2, 0) is 32.6 Å². The summed E-state index contributed by atoms with van der Waals surface area (Å²) in [6.45, 7) is 1.27.